The highest BCUT2D eigenvalue weighted by Gasteiger charge is 2.33. The molecular weight excluding hydrogens is 293 g/mol. The predicted molar refractivity (Wildman–Crippen MR) is 68.0 cm³/mol. The minimum Gasteiger partial charge on any atom is -0.444 e. The average molecular weight is 306 g/mol. The van der Waals surface area contributed by atoms with E-state index in [2.05, 4.69) is 0 Å². The monoisotopic (exact) mass is 306 g/mol. The van der Waals surface area contributed by atoms with Gasteiger partial charge >= 0.3 is 12.3 Å². The Morgan fingerprint density at radius 1 is 1.29 bits per heavy atom. The Bertz CT molecular complexity index is 565. The van der Waals surface area contributed by atoms with Gasteiger partial charge in [0.25, 0.3) is 5.69 Å². The number of carbonyl (C=O) groups is 1. The van der Waals surface area contributed by atoms with Crippen LogP contribution in [0.1, 0.15) is 26.3 Å². The van der Waals surface area contributed by atoms with E-state index >= 15 is 0 Å². The number of hydrogen-bond donors (Lipinski definition) is 1. The van der Waals surface area contributed by atoms with Crippen LogP contribution in [0.15, 0.2) is 18.2 Å². The first-order valence-electron chi connectivity index (χ1n) is 5.76. The number of amides is 1. The molecule has 0 atom stereocenters. The zero-order chi connectivity index (χ0) is 16.4. The van der Waals surface area contributed by atoms with E-state index in [9.17, 15) is 28.1 Å². The lowest BCUT2D eigenvalue weighted by atomic mass is 10.1. The number of ether oxygens (including phenoxy) is 1. The van der Waals surface area contributed by atoms with E-state index < -0.39 is 39.7 Å². The Balaban J connectivity index is 3.13. The second kappa shape index (κ2) is 5.58. The standard InChI is InChI=1S/C12H13F3N2O4/c1-11(2,3)21-10(18)16-8-6-7(12(13,14)15)4-5-9(8)17(19)20/h4-6H,1-3H3,(H,16,18). The molecule has 1 amide bonds. The highest BCUT2D eigenvalue weighted by Crippen LogP contribution is 2.35. The van der Waals surface area contributed by atoms with Crippen LogP contribution in [0.2, 0.25) is 0 Å². The van der Waals surface area contributed by atoms with Crippen LogP contribution in [0.4, 0.5) is 29.3 Å². The number of nitro benzene ring substituents is 1. The van der Waals surface area contributed by atoms with Crippen LogP contribution in [-0.2, 0) is 10.9 Å². The summed E-state index contributed by atoms with van der Waals surface area (Å²) >= 11 is 0. The van der Waals surface area contributed by atoms with Crippen molar-refractivity contribution in [2.45, 2.75) is 32.5 Å². The SMILES string of the molecule is CC(C)(C)OC(=O)Nc1cc(C(F)(F)F)ccc1[N+](=O)[O-]. The van der Waals surface area contributed by atoms with Gasteiger partial charge in [0.05, 0.1) is 10.5 Å². The zero-order valence-corrected chi connectivity index (χ0v) is 11.4. The number of nitrogens with zero attached hydrogens (tertiary/aromatic N) is 1. The molecule has 0 aliphatic carbocycles. The Hall–Kier alpha value is -2.32. The number of alkyl halides is 3. The largest absolute Gasteiger partial charge is 0.444 e. The van der Waals surface area contributed by atoms with Gasteiger partial charge in [-0.2, -0.15) is 13.2 Å². The summed E-state index contributed by atoms with van der Waals surface area (Å²) in [6.07, 6.45) is -5.76. The third kappa shape index (κ3) is 4.93. The van der Waals surface area contributed by atoms with Gasteiger partial charge in [-0.1, -0.05) is 0 Å². The Kier molecular flexibility index (Phi) is 4.45. The Morgan fingerprint density at radius 2 is 1.86 bits per heavy atom. The maximum Gasteiger partial charge on any atom is 0.416 e. The fourth-order valence-corrected chi connectivity index (χ4v) is 1.39. The molecule has 0 aliphatic rings. The number of benzene rings is 1. The highest BCUT2D eigenvalue weighted by atomic mass is 19.4. The molecule has 0 unspecified atom stereocenters. The number of hydrogen-bond acceptors (Lipinski definition) is 4. The number of carbonyl (C=O) groups excluding carboxylic acids is 1. The summed E-state index contributed by atoms with van der Waals surface area (Å²) in [5.41, 5.74) is -3.24. The quantitative estimate of drug-likeness (QED) is 0.662. The van der Waals surface area contributed by atoms with Gasteiger partial charge in [0, 0.05) is 6.07 Å². The van der Waals surface area contributed by atoms with Crippen LogP contribution in [0.3, 0.4) is 0 Å². The molecule has 0 bridgehead atoms. The molecule has 0 spiro atoms. The van der Waals surface area contributed by atoms with Gasteiger partial charge < -0.3 is 4.74 Å². The molecule has 1 aromatic rings. The van der Waals surface area contributed by atoms with Crippen molar-refractivity contribution < 1.29 is 27.6 Å². The predicted octanol–water partition coefficient (Wildman–Crippen LogP) is 3.96. The van der Waals surface area contributed by atoms with Crippen molar-refractivity contribution in [3.8, 4) is 0 Å². The second-order valence-corrected chi connectivity index (χ2v) is 5.11. The lowest BCUT2D eigenvalue weighted by Gasteiger charge is -2.19. The van der Waals surface area contributed by atoms with E-state index in [1.165, 1.54) is 0 Å². The Labute approximate surface area is 118 Å². The minimum atomic E-state index is -4.68. The third-order valence-electron chi connectivity index (χ3n) is 2.16. The van der Waals surface area contributed by atoms with Crippen molar-refractivity contribution in [3.05, 3.63) is 33.9 Å². The molecule has 1 aromatic carbocycles. The fraction of sp³-hybridized carbons (Fsp3) is 0.417. The lowest BCUT2D eigenvalue weighted by Crippen LogP contribution is -2.27. The maximum absolute atomic E-state index is 12.6. The number of nitrogens with one attached hydrogen (secondary N) is 1. The molecule has 6 nitrogen and oxygen atoms in total. The number of nitro groups is 1. The van der Waals surface area contributed by atoms with Crippen molar-refractivity contribution in [3.63, 3.8) is 0 Å². The van der Waals surface area contributed by atoms with Crippen LogP contribution in [0.5, 0.6) is 0 Å². The van der Waals surface area contributed by atoms with Gasteiger partial charge in [-0.3, -0.25) is 15.4 Å². The molecule has 116 valence electrons. The smallest absolute Gasteiger partial charge is 0.416 e. The van der Waals surface area contributed by atoms with Gasteiger partial charge in [0.2, 0.25) is 0 Å². The molecule has 1 N–H and O–H groups in total. The lowest BCUT2D eigenvalue weighted by molar-refractivity contribution is -0.384. The molecule has 0 heterocycles. The maximum atomic E-state index is 12.6. The average Bonchev–Trinajstić information content (AvgIpc) is 2.24. The van der Waals surface area contributed by atoms with E-state index in [1.807, 2.05) is 5.32 Å². The summed E-state index contributed by atoms with van der Waals surface area (Å²) in [5, 5.41) is 12.7. The third-order valence-corrected chi connectivity index (χ3v) is 2.16. The Morgan fingerprint density at radius 3 is 2.29 bits per heavy atom. The summed E-state index contributed by atoms with van der Waals surface area (Å²) in [6.45, 7) is 4.65. The summed E-state index contributed by atoms with van der Waals surface area (Å²) in [7, 11) is 0. The van der Waals surface area contributed by atoms with Crippen molar-refractivity contribution in [1.82, 2.24) is 0 Å². The van der Waals surface area contributed by atoms with Crippen LogP contribution in [0, 0.1) is 10.1 Å². The van der Waals surface area contributed by atoms with Gasteiger partial charge in [-0.15, -0.1) is 0 Å². The van der Waals surface area contributed by atoms with Crippen molar-refractivity contribution in [2.75, 3.05) is 5.32 Å². The van der Waals surface area contributed by atoms with Crippen molar-refractivity contribution >= 4 is 17.5 Å². The molecule has 9 heteroatoms. The number of halogens is 3. The normalized spacial score (nSPS) is 11.9. The summed E-state index contributed by atoms with van der Waals surface area (Å²) in [5.74, 6) is 0. The molecule has 0 fully saturated rings. The van der Waals surface area contributed by atoms with Gasteiger partial charge in [-0.05, 0) is 32.9 Å². The first kappa shape index (κ1) is 16.7. The number of rotatable bonds is 2. The van der Waals surface area contributed by atoms with Crippen molar-refractivity contribution in [1.29, 1.82) is 0 Å². The summed E-state index contributed by atoms with van der Waals surface area (Å²) in [6, 6.07) is 1.73. The van der Waals surface area contributed by atoms with E-state index in [4.69, 9.17) is 4.74 Å². The van der Waals surface area contributed by atoms with Crippen LogP contribution < -0.4 is 5.32 Å². The molecule has 0 aromatic heterocycles. The first-order chi connectivity index (χ1) is 9.40. The van der Waals surface area contributed by atoms with Crippen LogP contribution in [-0.4, -0.2) is 16.6 Å². The first-order valence-corrected chi connectivity index (χ1v) is 5.76. The van der Waals surface area contributed by atoms with E-state index in [-0.39, 0.29) is 0 Å². The fourth-order valence-electron chi connectivity index (χ4n) is 1.39. The summed E-state index contributed by atoms with van der Waals surface area (Å²) in [4.78, 5) is 21.4. The highest BCUT2D eigenvalue weighted by molar-refractivity contribution is 5.88. The molecule has 0 saturated heterocycles. The van der Waals surface area contributed by atoms with E-state index in [1.54, 1.807) is 20.8 Å². The zero-order valence-electron chi connectivity index (χ0n) is 11.4. The molecule has 21 heavy (non-hydrogen) atoms. The van der Waals surface area contributed by atoms with Gasteiger partial charge in [-0.25, -0.2) is 4.79 Å². The van der Waals surface area contributed by atoms with E-state index in [0.717, 1.165) is 0 Å². The second-order valence-electron chi connectivity index (χ2n) is 5.11. The van der Waals surface area contributed by atoms with E-state index in [0.29, 0.717) is 18.2 Å². The molecule has 0 saturated carbocycles. The molecule has 1 rings (SSSR count). The van der Waals surface area contributed by atoms with Gasteiger partial charge in [0.15, 0.2) is 0 Å². The number of anilines is 1. The molecular formula is C12H13F3N2O4. The van der Waals surface area contributed by atoms with Crippen LogP contribution >= 0.6 is 0 Å². The molecule has 0 aliphatic heterocycles. The van der Waals surface area contributed by atoms with Gasteiger partial charge in [0.1, 0.15) is 11.3 Å². The van der Waals surface area contributed by atoms with Crippen LogP contribution in [0.25, 0.3) is 0 Å². The van der Waals surface area contributed by atoms with Crippen molar-refractivity contribution in [2.24, 2.45) is 0 Å². The summed E-state index contributed by atoms with van der Waals surface area (Å²) < 4.78 is 42.6. The topological polar surface area (TPSA) is 81.5 Å². The molecule has 0 radical (unpaired) electrons. The minimum absolute atomic E-state index is 0.488.